The molecule has 0 amide bonds. The Morgan fingerprint density at radius 1 is 1.47 bits per heavy atom. The molecule has 0 aliphatic rings. The summed E-state index contributed by atoms with van der Waals surface area (Å²) in [5.41, 5.74) is 1.06. The molecular weight excluding hydrogens is 238 g/mol. The van der Waals surface area contributed by atoms with E-state index in [-0.39, 0.29) is 5.69 Å². The summed E-state index contributed by atoms with van der Waals surface area (Å²) in [5, 5.41) is 7.64. The van der Waals surface area contributed by atoms with Crippen molar-refractivity contribution in [2.45, 2.75) is 4.90 Å². The number of ether oxygens (including phenoxy) is 1. The van der Waals surface area contributed by atoms with Crippen LogP contribution in [0.15, 0.2) is 35.4 Å². The fourth-order valence-corrected chi connectivity index (χ4v) is 1.79. The zero-order valence-electron chi connectivity index (χ0n) is 9.45. The molecule has 0 radical (unpaired) electrons. The van der Waals surface area contributed by atoms with Crippen molar-refractivity contribution < 1.29 is 9.53 Å². The van der Waals surface area contributed by atoms with Gasteiger partial charge in [0.05, 0.1) is 19.0 Å². The highest BCUT2D eigenvalue weighted by atomic mass is 32.2. The highest BCUT2D eigenvalue weighted by Gasteiger charge is 2.11. The highest BCUT2D eigenvalue weighted by molar-refractivity contribution is 7.98. The minimum absolute atomic E-state index is 0.196. The van der Waals surface area contributed by atoms with Crippen LogP contribution < -0.4 is 0 Å². The van der Waals surface area contributed by atoms with Crippen LogP contribution in [0.25, 0.3) is 5.69 Å². The molecule has 0 fully saturated rings. The average molecular weight is 249 g/mol. The molecule has 0 N–H and O–H groups in total. The van der Waals surface area contributed by atoms with Crippen molar-refractivity contribution in [1.29, 1.82) is 0 Å². The van der Waals surface area contributed by atoms with Gasteiger partial charge in [0.25, 0.3) is 0 Å². The SMILES string of the molecule is COC(=O)c1cn(-c2cccc(SC)c2)nn1. The lowest BCUT2D eigenvalue weighted by Crippen LogP contribution is -2.01. The molecular formula is C11H11N3O2S. The topological polar surface area (TPSA) is 57.0 Å². The van der Waals surface area contributed by atoms with Crippen molar-refractivity contribution in [2.24, 2.45) is 0 Å². The smallest absolute Gasteiger partial charge is 0.360 e. The lowest BCUT2D eigenvalue weighted by atomic mass is 10.3. The predicted molar refractivity (Wildman–Crippen MR) is 64.5 cm³/mol. The Morgan fingerprint density at radius 2 is 2.29 bits per heavy atom. The summed E-state index contributed by atoms with van der Waals surface area (Å²) in [6.45, 7) is 0. The highest BCUT2D eigenvalue weighted by Crippen LogP contribution is 2.18. The van der Waals surface area contributed by atoms with Gasteiger partial charge in [0.2, 0.25) is 0 Å². The Bertz CT molecular complexity index is 539. The first-order valence-electron chi connectivity index (χ1n) is 4.89. The lowest BCUT2D eigenvalue weighted by Gasteiger charge is -2.01. The van der Waals surface area contributed by atoms with Crippen molar-refractivity contribution in [3.05, 3.63) is 36.2 Å². The normalized spacial score (nSPS) is 10.2. The van der Waals surface area contributed by atoms with Gasteiger partial charge in [-0.3, -0.25) is 0 Å². The third-order valence-corrected chi connectivity index (χ3v) is 2.93. The van der Waals surface area contributed by atoms with E-state index < -0.39 is 5.97 Å². The third-order valence-electron chi connectivity index (χ3n) is 2.21. The molecule has 5 nitrogen and oxygen atoms in total. The summed E-state index contributed by atoms with van der Waals surface area (Å²) in [6, 6.07) is 7.81. The van der Waals surface area contributed by atoms with E-state index in [2.05, 4.69) is 15.0 Å². The van der Waals surface area contributed by atoms with Crippen LogP contribution in [-0.2, 0) is 4.74 Å². The van der Waals surface area contributed by atoms with Crippen LogP contribution in [-0.4, -0.2) is 34.3 Å². The van der Waals surface area contributed by atoms with Gasteiger partial charge in [-0.1, -0.05) is 11.3 Å². The number of benzene rings is 1. The molecule has 0 bridgehead atoms. The van der Waals surface area contributed by atoms with Crippen molar-refractivity contribution in [3.8, 4) is 5.69 Å². The van der Waals surface area contributed by atoms with E-state index in [0.717, 1.165) is 10.6 Å². The fraction of sp³-hybridized carbons (Fsp3) is 0.182. The van der Waals surface area contributed by atoms with E-state index in [1.807, 2.05) is 30.5 Å². The number of methoxy groups -OCH3 is 1. The maximum atomic E-state index is 11.2. The van der Waals surface area contributed by atoms with Gasteiger partial charge in [0, 0.05) is 4.90 Å². The number of hydrogen-bond donors (Lipinski definition) is 0. The van der Waals surface area contributed by atoms with Gasteiger partial charge in [0.1, 0.15) is 0 Å². The number of rotatable bonds is 3. The van der Waals surface area contributed by atoms with Gasteiger partial charge in [0.15, 0.2) is 5.69 Å². The van der Waals surface area contributed by atoms with Crippen LogP contribution in [0.3, 0.4) is 0 Å². The van der Waals surface area contributed by atoms with Gasteiger partial charge in [-0.05, 0) is 24.5 Å². The van der Waals surface area contributed by atoms with E-state index in [0.29, 0.717) is 0 Å². The predicted octanol–water partition coefficient (Wildman–Crippen LogP) is 1.78. The largest absolute Gasteiger partial charge is 0.464 e. The molecule has 17 heavy (non-hydrogen) atoms. The number of hydrogen-bond acceptors (Lipinski definition) is 5. The number of nitrogens with zero attached hydrogens (tertiary/aromatic N) is 3. The second-order valence-corrected chi connectivity index (χ2v) is 4.12. The first kappa shape index (κ1) is 11.7. The van der Waals surface area contributed by atoms with Crippen molar-refractivity contribution in [3.63, 3.8) is 0 Å². The zero-order valence-corrected chi connectivity index (χ0v) is 10.3. The monoisotopic (exact) mass is 249 g/mol. The van der Waals surface area contributed by atoms with Gasteiger partial charge < -0.3 is 4.74 Å². The summed E-state index contributed by atoms with van der Waals surface area (Å²) in [6.07, 6.45) is 3.55. The van der Waals surface area contributed by atoms with Crippen LogP contribution in [0, 0.1) is 0 Å². The molecule has 1 aromatic heterocycles. The maximum absolute atomic E-state index is 11.2. The number of aromatic nitrogens is 3. The molecule has 2 aromatic rings. The van der Waals surface area contributed by atoms with E-state index >= 15 is 0 Å². The second-order valence-electron chi connectivity index (χ2n) is 3.24. The molecule has 6 heteroatoms. The average Bonchev–Trinajstić information content (AvgIpc) is 2.87. The number of carbonyl (C=O) groups excluding carboxylic acids is 1. The molecule has 0 spiro atoms. The van der Waals surface area contributed by atoms with Gasteiger partial charge in [-0.25, -0.2) is 9.48 Å². The Hall–Kier alpha value is -1.82. The summed E-state index contributed by atoms with van der Waals surface area (Å²) in [5.74, 6) is -0.489. The Morgan fingerprint density at radius 3 is 3.00 bits per heavy atom. The van der Waals surface area contributed by atoms with Gasteiger partial charge in [-0.15, -0.1) is 16.9 Å². The Labute approximate surface area is 103 Å². The van der Waals surface area contributed by atoms with Crippen LogP contribution in [0.4, 0.5) is 0 Å². The van der Waals surface area contributed by atoms with E-state index in [1.54, 1.807) is 22.6 Å². The van der Waals surface area contributed by atoms with E-state index in [4.69, 9.17) is 0 Å². The first-order chi connectivity index (χ1) is 8.24. The number of esters is 1. The van der Waals surface area contributed by atoms with Crippen LogP contribution >= 0.6 is 11.8 Å². The number of thioether (sulfide) groups is 1. The summed E-state index contributed by atoms with van der Waals surface area (Å²) < 4.78 is 6.12. The van der Waals surface area contributed by atoms with Crippen LogP contribution in [0.2, 0.25) is 0 Å². The quantitative estimate of drug-likeness (QED) is 0.613. The third kappa shape index (κ3) is 2.47. The summed E-state index contributed by atoms with van der Waals surface area (Å²) >= 11 is 1.64. The van der Waals surface area contributed by atoms with Crippen molar-refractivity contribution in [1.82, 2.24) is 15.0 Å². The van der Waals surface area contributed by atoms with Gasteiger partial charge >= 0.3 is 5.97 Å². The van der Waals surface area contributed by atoms with Crippen molar-refractivity contribution >= 4 is 17.7 Å². The molecule has 0 atom stereocenters. The molecule has 88 valence electrons. The van der Waals surface area contributed by atoms with E-state index in [1.165, 1.54) is 7.11 Å². The molecule has 0 saturated carbocycles. The standard InChI is InChI=1S/C11H11N3O2S/c1-16-11(15)10-7-14(13-12-10)8-4-3-5-9(6-8)17-2/h3-7H,1-2H3. The molecule has 1 aromatic carbocycles. The van der Waals surface area contributed by atoms with Crippen LogP contribution in [0.1, 0.15) is 10.5 Å². The summed E-state index contributed by atoms with van der Waals surface area (Å²) in [7, 11) is 1.32. The molecule has 0 unspecified atom stereocenters. The molecule has 2 rings (SSSR count). The lowest BCUT2D eigenvalue weighted by molar-refractivity contribution is 0.0594. The molecule has 0 saturated heterocycles. The van der Waals surface area contributed by atoms with E-state index in [9.17, 15) is 4.79 Å². The minimum atomic E-state index is -0.489. The maximum Gasteiger partial charge on any atom is 0.360 e. The molecule has 0 aliphatic carbocycles. The first-order valence-corrected chi connectivity index (χ1v) is 6.12. The minimum Gasteiger partial charge on any atom is -0.464 e. The Kier molecular flexibility index (Phi) is 3.43. The zero-order chi connectivity index (χ0) is 12.3. The van der Waals surface area contributed by atoms with Crippen molar-refractivity contribution in [2.75, 3.05) is 13.4 Å². The van der Waals surface area contributed by atoms with Crippen LogP contribution in [0.5, 0.6) is 0 Å². The Balaban J connectivity index is 2.33. The number of carbonyl (C=O) groups is 1. The second kappa shape index (κ2) is 5.01. The fourth-order valence-electron chi connectivity index (χ4n) is 1.34. The summed E-state index contributed by atoms with van der Waals surface area (Å²) in [4.78, 5) is 12.4. The molecule has 1 heterocycles. The molecule has 0 aliphatic heterocycles. The van der Waals surface area contributed by atoms with Gasteiger partial charge in [-0.2, -0.15) is 0 Å².